The molecule has 3 aromatic rings. The summed E-state index contributed by atoms with van der Waals surface area (Å²) in [6.45, 7) is 0. The van der Waals surface area contributed by atoms with Gasteiger partial charge in [-0.05, 0) is 53.6 Å². The lowest BCUT2D eigenvalue weighted by Gasteiger charge is -2.26. The van der Waals surface area contributed by atoms with Gasteiger partial charge in [-0.25, -0.2) is 0 Å². The first-order chi connectivity index (χ1) is 11.6. The van der Waals surface area contributed by atoms with Crippen molar-refractivity contribution in [3.8, 4) is 0 Å². The molecule has 24 heavy (non-hydrogen) atoms. The van der Waals surface area contributed by atoms with Crippen molar-refractivity contribution in [3.63, 3.8) is 0 Å². The van der Waals surface area contributed by atoms with Gasteiger partial charge in [-0.2, -0.15) is 0 Å². The molecule has 1 heterocycles. The summed E-state index contributed by atoms with van der Waals surface area (Å²) in [4.78, 5) is 14.8. The molecule has 2 nitrogen and oxygen atoms in total. The number of hydrogen-bond donors (Lipinski definition) is 0. The predicted octanol–water partition coefficient (Wildman–Crippen LogP) is 5.74. The first kappa shape index (κ1) is 15.3. The summed E-state index contributed by atoms with van der Waals surface area (Å²) in [6, 6.07) is 22.5. The molecule has 0 bridgehead atoms. The van der Waals surface area contributed by atoms with Crippen LogP contribution >= 0.6 is 23.2 Å². The Morgan fingerprint density at radius 2 is 1.33 bits per heavy atom. The quantitative estimate of drug-likeness (QED) is 0.574. The van der Waals surface area contributed by atoms with Crippen LogP contribution in [0.4, 0.5) is 5.69 Å². The van der Waals surface area contributed by atoms with Crippen molar-refractivity contribution in [1.29, 1.82) is 0 Å². The van der Waals surface area contributed by atoms with Gasteiger partial charge in [0.1, 0.15) is 0 Å². The van der Waals surface area contributed by atoms with E-state index < -0.39 is 0 Å². The summed E-state index contributed by atoms with van der Waals surface area (Å²) in [5.74, 6) is -0.00660. The van der Waals surface area contributed by atoms with Crippen molar-refractivity contribution in [2.24, 2.45) is 0 Å². The van der Waals surface area contributed by atoms with Crippen LogP contribution in [0.3, 0.4) is 0 Å². The number of amides is 1. The fourth-order valence-electron chi connectivity index (χ4n) is 3.16. The maximum Gasteiger partial charge on any atom is 0.259 e. The van der Waals surface area contributed by atoms with Crippen molar-refractivity contribution in [1.82, 2.24) is 0 Å². The van der Waals surface area contributed by atoms with Crippen molar-refractivity contribution in [2.75, 3.05) is 4.90 Å². The topological polar surface area (TPSA) is 20.3 Å². The highest BCUT2D eigenvalue weighted by Crippen LogP contribution is 2.41. The molecule has 0 fully saturated rings. The lowest BCUT2D eigenvalue weighted by molar-refractivity contribution is 0.0993. The van der Waals surface area contributed by atoms with E-state index in [1.807, 2.05) is 65.6 Å². The van der Waals surface area contributed by atoms with Gasteiger partial charge in [0.15, 0.2) is 0 Å². The van der Waals surface area contributed by atoms with E-state index in [0.29, 0.717) is 10.0 Å². The molecule has 0 aromatic heterocycles. The second kappa shape index (κ2) is 5.97. The molecule has 0 aliphatic carbocycles. The Hall–Kier alpha value is -2.29. The van der Waals surface area contributed by atoms with Gasteiger partial charge in [-0.15, -0.1) is 0 Å². The third-order valence-electron chi connectivity index (χ3n) is 4.25. The van der Waals surface area contributed by atoms with Crippen LogP contribution in [0, 0.1) is 0 Å². The number of halogens is 2. The smallest absolute Gasteiger partial charge is 0.259 e. The Bertz CT molecular complexity index is 904. The average Bonchev–Trinajstić information content (AvgIpc) is 2.90. The van der Waals surface area contributed by atoms with Crippen LogP contribution in [0.15, 0.2) is 72.8 Å². The minimum Gasteiger partial charge on any atom is -0.297 e. The van der Waals surface area contributed by atoms with Gasteiger partial charge >= 0.3 is 0 Å². The van der Waals surface area contributed by atoms with Gasteiger partial charge in [0.2, 0.25) is 0 Å². The molecule has 1 unspecified atom stereocenters. The van der Waals surface area contributed by atoms with Crippen molar-refractivity contribution >= 4 is 34.8 Å². The van der Waals surface area contributed by atoms with E-state index in [1.165, 1.54) is 0 Å². The van der Waals surface area contributed by atoms with Crippen molar-refractivity contribution in [2.45, 2.75) is 6.04 Å². The van der Waals surface area contributed by atoms with Gasteiger partial charge in [0, 0.05) is 21.3 Å². The Balaban J connectivity index is 1.89. The van der Waals surface area contributed by atoms with Crippen LogP contribution in [-0.2, 0) is 0 Å². The predicted molar refractivity (Wildman–Crippen MR) is 98.0 cm³/mol. The summed E-state index contributed by atoms with van der Waals surface area (Å²) in [5, 5.41) is 1.32. The molecule has 0 saturated carbocycles. The molecule has 0 radical (unpaired) electrons. The fourth-order valence-corrected chi connectivity index (χ4v) is 3.41. The van der Waals surface area contributed by atoms with E-state index >= 15 is 0 Å². The molecule has 4 heteroatoms. The normalized spacial score (nSPS) is 16.3. The Kier molecular flexibility index (Phi) is 3.79. The largest absolute Gasteiger partial charge is 0.297 e. The molecular weight excluding hydrogens is 341 g/mol. The molecule has 0 spiro atoms. The van der Waals surface area contributed by atoms with Crippen LogP contribution < -0.4 is 4.90 Å². The second-order valence-corrected chi connectivity index (χ2v) is 6.57. The molecule has 0 N–H and O–H groups in total. The Morgan fingerprint density at radius 3 is 2.00 bits per heavy atom. The zero-order valence-electron chi connectivity index (χ0n) is 12.6. The third-order valence-corrected chi connectivity index (χ3v) is 4.76. The monoisotopic (exact) mass is 353 g/mol. The summed E-state index contributed by atoms with van der Waals surface area (Å²) in [6.07, 6.45) is 0. The number of carbonyl (C=O) groups excluding carboxylic acids is 1. The molecule has 118 valence electrons. The Labute approximate surface area is 150 Å². The Morgan fingerprint density at radius 1 is 0.750 bits per heavy atom. The van der Waals surface area contributed by atoms with Crippen LogP contribution in [-0.4, -0.2) is 5.91 Å². The molecule has 1 amide bonds. The van der Waals surface area contributed by atoms with E-state index in [2.05, 4.69) is 0 Å². The van der Waals surface area contributed by atoms with E-state index in [4.69, 9.17) is 23.2 Å². The van der Waals surface area contributed by atoms with Gasteiger partial charge in [0.05, 0.1) is 6.04 Å². The number of benzene rings is 3. The highest BCUT2D eigenvalue weighted by atomic mass is 35.5. The van der Waals surface area contributed by atoms with E-state index in [1.54, 1.807) is 12.1 Å². The molecule has 1 aliphatic rings. The number of nitrogens with zero attached hydrogens (tertiary/aromatic N) is 1. The fraction of sp³-hybridized carbons (Fsp3) is 0.0500. The number of fused-ring (bicyclic) bond motifs is 1. The molecule has 0 saturated heterocycles. The van der Waals surface area contributed by atoms with Crippen LogP contribution in [0.25, 0.3) is 0 Å². The van der Waals surface area contributed by atoms with E-state index in [9.17, 15) is 4.79 Å². The second-order valence-electron chi connectivity index (χ2n) is 5.69. The van der Waals surface area contributed by atoms with Gasteiger partial charge < -0.3 is 0 Å². The molecule has 1 atom stereocenters. The van der Waals surface area contributed by atoms with Crippen LogP contribution in [0.2, 0.25) is 10.0 Å². The summed E-state index contributed by atoms with van der Waals surface area (Å²) in [5.41, 5.74) is 3.57. The van der Waals surface area contributed by atoms with Gasteiger partial charge in [0.25, 0.3) is 5.91 Å². The maximum absolute atomic E-state index is 13.0. The maximum atomic E-state index is 13.0. The van der Waals surface area contributed by atoms with E-state index in [-0.39, 0.29) is 11.9 Å². The van der Waals surface area contributed by atoms with Crippen molar-refractivity contribution in [3.05, 3.63) is 99.5 Å². The minimum absolute atomic E-state index is 0.00660. The van der Waals surface area contributed by atoms with Gasteiger partial charge in [-0.3, -0.25) is 9.69 Å². The highest BCUT2D eigenvalue weighted by Gasteiger charge is 2.38. The molecule has 4 rings (SSSR count). The first-order valence-corrected chi connectivity index (χ1v) is 8.34. The average molecular weight is 354 g/mol. The highest BCUT2D eigenvalue weighted by molar-refractivity contribution is 6.31. The van der Waals surface area contributed by atoms with Crippen LogP contribution in [0.1, 0.15) is 27.5 Å². The number of anilines is 1. The lowest BCUT2D eigenvalue weighted by Crippen LogP contribution is -2.28. The lowest BCUT2D eigenvalue weighted by atomic mass is 9.98. The van der Waals surface area contributed by atoms with E-state index in [0.717, 1.165) is 22.4 Å². The number of rotatable bonds is 2. The zero-order valence-corrected chi connectivity index (χ0v) is 14.1. The zero-order chi connectivity index (χ0) is 16.7. The minimum atomic E-state index is -0.174. The standard InChI is InChI=1S/C20H13Cl2NO/c21-14-7-5-13(6-8-14)19-17-3-1-2-4-18(17)20(24)23(19)16-11-9-15(22)10-12-16/h1-12,19H. The van der Waals surface area contributed by atoms with Gasteiger partial charge in [-0.1, -0.05) is 53.5 Å². The third kappa shape index (κ3) is 2.48. The summed E-state index contributed by atoms with van der Waals surface area (Å²) < 4.78 is 0. The van der Waals surface area contributed by atoms with Crippen LogP contribution in [0.5, 0.6) is 0 Å². The summed E-state index contributed by atoms with van der Waals surface area (Å²) in [7, 11) is 0. The summed E-state index contributed by atoms with van der Waals surface area (Å²) >= 11 is 12.0. The molecule has 1 aliphatic heterocycles. The number of hydrogen-bond acceptors (Lipinski definition) is 1. The van der Waals surface area contributed by atoms with Crippen molar-refractivity contribution < 1.29 is 4.79 Å². The SMILES string of the molecule is O=C1c2ccccc2C(c2ccc(Cl)cc2)N1c1ccc(Cl)cc1. The first-order valence-electron chi connectivity index (χ1n) is 7.58. The number of carbonyl (C=O) groups is 1. The molecular formula is C20H13Cl2NO. The molecule has 3 aromatic carbocycles.